The van der Waals surface area contributed by atoms with Crippen molar-refractivity contribution < 1.29 is 14.7 Å². The SMILES string of the molecule is CC(C)(C)/C=C/C(NC(=O)c1cc(Br)c[nH]1)C(=O)O. The summed E-state index contributed by atoms with van der Waals surface area (Å²) in [6, 6.07) is 0.538. The fraction of sp³-hybridized carbons (Fsp3) is 0.385. The third kappa shape index (κ3) is 5.30. The van der Waals surface area contributed by atoms with Crippen LogP contribution in [0.2, 0.25) is 0 Å². The first-order valence-electron chi connectivity index (χ1n) is 5.76. The number of aromatic nitrogens is 1. The zero-order chi connectivity index (χ0) is 14.6. The molecule has 0 aliphatic heterocycles. The van der Waals surface area contributed by atoms with Crippen molar-refractivity contribution in [1.29, 1.82) is 0 Å². The third-order valence-corrected chi connectivity index (χ3v) is 2.69. The van der Waals surface area contributed by atoms with E-state index in [-0.39, 0.29) is 5.41 Å². The van der Waals surface area contributed by atoms with E-state index < -0.39 is 17.9 Å². The van der Waals surface area contributed by atoms with Gasteiger partial charge in [-0.05, 0) is 27.4 Å². The first-order chi connectivity index (χ1) is 8.69. The number of carboxylic acid groups (broad SMARTS) is 1. The topological polar surface area (TPSA) is 82.2 Å². The molecule has 1 heterocycles. The molecule has 0 aliphatic carbocycles. The molecule has 5 nitrogen and oxygen atoms in total. The van der Waals surface area contributed by atoms with Crippen molar-refractivity contribution in [1.82, 2.24) is 10.3 Å². The minimum Gasteiger partial charge on any atom is -0.479 e. The number of aromatic amines is 1. The second-order valence-electron chi connectivity index (χ2n) is 5.25. The summed E-state index contributed by atoms with van der Waals surface area (Å²) in [6.07, 6.45) is 4.85. The molecule has 19 heavy (non-hydrogen) atoms. The standard InChI is InChI=1S/C13H17BrN2O3/c1-13(2,3)5-4-9(12(18)19)16-11(17)10-6-8(14)7-15-10/h4-7,9,15H,1-3H3,(H,16,17)(H,18,19)/b5-4+. The summed E-state index contributed by atoms with van der Waals surface area (Å²) in [5, 5.41) is 11.5. The highest BCUT2D eigenvalue weighted by molar-refractivity contribution is 9.10. The Morgan fingerprint density at radius 2 is 2.11 bits per heavy atom. The molecule has 1 unspecified atom stereocenters. The second-order valence-corrected chi connectivity index (χ2v) is 6.16. The van der Waals surface area contributed by atoms with Gasteiger partial charge in [0.1, 0.15) is 11.7 Å². The van der Waals surface area contributed by atoms with Crippen molar-refractivity contribution >= 4 is 27.8 Å². The minimum absolute atomic E-state index is 0.145. The molecule has 0 saturated heterocycles. The summed E-state index contributed by atoms with van der Waals surface area (Å²) < 4.78 is 0.731. The van der Waals surface area contributed by atoms with E-state index in [1.807, 2.05) is 20.8 Å². The number of aliphatic carboxylic acids is 1. The maximum Gasteiger partial charge on any atom is 0.330 e. The second kappa shape index (κ2) is 6.06. The highest BCUT2D eigenvalue weighted by atomic mass is 79.9. The summed E-state index contributed by atoms with van der Waals surface area (Å²) >= 11 is 3.21. The number of allylic oxidation sites excluding steroid dienone is 1. The molecule has 0 saturated carbocycles. The van der Waals surface area contributed by atoms with E-state index >= 15 is 0 Å². The summed E-state index contributed by atoms with van der Waals surface area (Å²) in [5.41, 5.74) is 0.163. The number of carbonyl (C=O) groups excluding carboxylic acids is 1. The van der Waals surface area contributed by atoms with E-state index in [1.54, 1.807) is 18.3 Å². The van der Waals surface area contributed by atoms with Gasteiger partial charge in [-0.15, -0.1) is 0 Å². The van der Waals surface area contributed by atoms with Crippen molar-refractivity contribution in [2.24, 2.45) is 5.41 Å². The Balaban J connectivity index is 2.77. The Labute approximate surface area is 120 Å². The van der Waals surface area contributed by atoms with Crippen molar-refractivity contribution in [2.75, 3.05) is 0 Å². The number of hydrogen-bond acceptors (Lipinski definition) is 2. The van der Waals surface area contributed by atoms with Crippen molar-refractivity contribution in [3.8, 4) is 0 Å². The zero-order valence-corrected chi connectivity index (χ0v) is 12.6. The molecule has 0 spiro atoms. The maximum absolute atomic E-state index is 11.8. The first kappa shape index (κ1) is 15.5. The van der Waals surface area contributed by atoms with E-state index in [0.717, 1.165) is 4.47 Å². The quantitative estimate of drug-likeness (QED) is 0.743. The molecule has 1 aromatic heterocycles. The van der Waals surface area contributed by atoms with Crippen LogP contribution in [0.5, 0.6) is 0 Å². The van der Waals surface area contributed by atoms with Gasteiger partial charge in [0, 0.05) is 10.7 Å². The van der Waals surface area contributed by atoms with Gasteiger partial charge in [0.05, 0.1) is 0 Å². The van der Waals surface area contributed by atoms with E-state index in [9.17, 15) is 9.59 Å². The summed E-state index contributed by atoms with van der Waals surface area (Å²) in [7, 11) is 0. The molecule has 1 amide bonds. The van der Waals surface area contributed by atoms with E-state index in [1.165, 1.54) is 6.08 Å². The predicted octanol–water partition coefficient (Wildman–Crippen LogP) is 2.56. The smallest absolute Gasteiger partial charge is 0.330 e. The molecule has 1 aromatic rings. The molecule has 0 aliphatic rings. The van der Waals surface area contributed by atoms with Gasteiger partial charge in [-0.3, -0.25) is 4.79 Å². The lowest BCUT2D eigenvalue weighted by atomic mass is 9.95. The van der Waals surface area contributed by atoms with Gasteiger partial charge in [-0.1, -0.05) is 32.9 Å². The number of carboxylic acids is 1. The number of nitrogens with one attached hydrogen (secondary N) is 2. The number of carbonyl (C=O) groups is 2. The van der Waals surface area contributed by atoms with Gasteiger partial charge in [0.2, 0.25) is 0 Å². The zero-order valence-electron chi connectivity index (χ0n) is 11.0. The van der Waals surface area contributed by atoms with Crippen LogP contribution >= 0.6 is 15.9 Å². The third-order valence-electron chi connectivity index (χ3n) is 2.23. The van der Waals surface area contributed by atoms with E-state index in [0.29, 0.717) is 5.69 Å². The molecule has 1 atom stereocenters. The van der Waals surface area contributed by atoms with Gasteiger partial charge in [-0.25, -0.2) is 4.79 Å². The summed E-state index contributed by atoms with van der Waals surface area (Å²) in [4.78, 5) is 25.7. The van der Waals surface area contributed by atoms with Crippen molar-refractivity contribution in [3.05, 3.63) is 34.6 Å². The average molecular weight is 329 g/mol. The molecule has 0 radical (unpaired) electrons. The van der Waals surface area contributed by atoms with Gasteiger partial charge in [0.15, 0.2) is 0 Å². The molecular formula is C13H17BrN2O3. The van der Waals surface area contributed by atoms with Crippen LogP contribution in [0, 0.1) is 5.41 Å². The van der Waals surface area contributed by atoms with Gasteiger partial charge >= 0.3 is 5.97 Å². The van der Waals surface area contributed by atoms with E-state index in [4.69, 9.17) is 5.11 Å². The minimum atomic E-state index is -1.10. The molecular weight excluding hydrogens is 312 g/mol. The van der Waals surface area contributed by atoms with Crippen LogP contribution in [0.3, 0.4) is 0 Å². The van der Waals surface area contributed by atoms with Crippen LogP contribution in [0.4, 0.5) is 0 Å². The number of rotatable bonds is 4. The fourth-order valence-corrected chi connectivity index (χ4v) is 1.64. The van der Waals surface area contributed by atoms with E-state index in [2.05, 4.69) is 26.2 Å². The first-order valence-corrected chi connectivity index (χ1v) is 6.55. The average Bonchev–Trinajstić information content (AvgIpc) is 2.69. The van der Waals surface area contributed by atoms with Gasteiger partial charge < -0.3 is 15.4 Å². The van der Waals surface area contributed by atoms with Crippen LogP contribution in [-0.2, 0) is 4.79 Å². The Morgan fingerprint density at radius 1 is 1.47 bits per heavy atom. The van der Waals surface area contributed by atoms with Crippen LogP contribution in [-0.4, -0.2) is 28.0 Å². The Hall–Kier alpha value is -1.56. The number of hydrogen-bond donors (Lipinski definition) is 3. The lowest BCUT2D eigenvalue weighted by molar-refractivity contribution is -0.137. The number of H-pyrrole nitrogens is 1. The lowest BCUT2D eigenvalue weighted by Gasteiger charge is -2.14. The Bertz CT molecular complexity index is 500. The molecule has 0 fully saturated rings. The van der Waals surface area contributed by atoms with Crippen molar-refractivity contribution in [3.63, 3.8) is 0 Å². The van der Waals surface area contributed by atoms with Gasteiger partial charge in [-0.2, -0.15) is 0 Å². The Morgan fingerprint density at radius 3 is 2.53 bits per heavy atom. The largest absolute Gasteiger partial charge is 0.479 e. The molecule has 0 bridgehead atoms. The fourth-order valence-electron chi connectivity index (χ4n) is 1.30. The molecule has 0 aromatic carbocycles. The monoisotopic (exact) mass is 328 g/mol. The predicted molar refractivity (Wildman–Crippen MR) is 76.0 cm³/mol. The number of amides is 1. The number of halogens is 1. The molecule has 1 rings (SSSR count). The van der Waals surface area contributed by atoms with Crippen LogP contribution in [0.1, 0.15) is 31.3 Å². The highest BCUT2D eigenvalue weighted by Crippen LogP contribution is 2.15. The lowest BCUT2D eigenvalue weighted by Crippen LogP contribution is -2.39. The normalized spacial score (nSPS) is 13.5. The van der Waals surface area contributed by atoms with Crippen LogP contribution in [0.25, 0.3) is 0 Å². The molecule has 104 valence electrons. The maximum atomic E-state index is 11.8. The van der Waals surface area contributed by atoms with Crippen molar-refractivity contribution in [2.45, 2.75) is 26.8 Å². The Kier molecular flexibility index (Phi) is 4.94. The molecule has 6 heteroatoms. The summed E-state index contributed by atoms with van der Waals surface area (Å²) in [6.45, 7) is 5.85. The molecule has 3 N–H and O–H groups in total. The van der Waals surface area contributed by atoms with Gasteiger partial charge in [0.25, 0.3) is 5.91 Å². The van der Waals surface area contributed by atoms with Crippen LogP contribution < -0.4 is 5.32 Å². The highest BCUT2D eigenvalue weighted by Gasteiger charge is 2.19. The van der Waals surface area contributed by atoms with Crippen LogP contribution in [0.15, 0.2) is 28.9 Å². The summed E-state index contributed by atoms with van der Waals surface area (Å²) in [5.74, 6) is -1.56.